The van der Waals surface area contributed by atoms with Gasteiger partial charge in [-0.25, -0.2) is 4.98 Å². The number of thiophene rings is 1. The van der Waals surface area contributed by atoms with E-state index < -0.39 is 5.91 Å². The molecule has 2 aromatic heterocycles. The van der Waals surface area contributed by atoms with Crippen LogP contribution in [-0.4, -0.2) is 16.8 Å². The van der Waals surface area contributed by atoms with E-state index in [1.165, 1.54) is 11.3 Å². The molecule has 0 aliphatic heterocycles. The maximum Gasteiger partial charge on any atom is 0.257 e. The Balaban J connectivity index is 1.61. The number of primary amides is 1. The molecule has 0 saturated carbocycles. The van der Waals surface area contributed by atoms with E-state index in [-0.39, 0.29) is 5.91 Å². The van der Waals surface area contributed by atoms with E-state index >= 15 is 0 Å². The first-order valence-electron chi connectivity index (χ1n) is 10.8. The zero-order chi connectivity index (χ0) is 23.1. The molecule has 2 aromatic carbocycles. The molecule has 166 valence electrons. The number of halogens is 1. The molecule has 2 heterocycles. The van der Waals surface area contributed by atoms with Gasteiger partial charge in [-0.15, -0.1) is 11.3 Å². The van der Waals surface area contributed by atoms with Crippen molar-refractivity contribution in [3.05, 3.63) is 81.2 Å². The molecule has 1 aliphatic rings. The number of nitrogens with two attached hydrogens (primary N) is 1. The predicted molar refractivity (Wildman–Crippen MR) is 134 cm³/mol. The number of fused-ring (bicyclic) bond motifs is 2. The lowest BCUT2D eigenvalue weighted by molar-refractivity contribution is 0.1000. The number of amides is 2. The minimum Gasteiger partial charge on any atom is -0.365 e. The van der Waals surface area contributed by atoms with Gasteiger partial charge in [-0.05, 0) is 55.0 Å². The Morgan fingerprint density at radius 2 is 1.94 bits per heavy atom. The van der Waals surface area contributed by atoms with Crippen LogP contribution in [0.15, 0.2) is 54.6 Å². The van der Waals surface area contributed by atoms with E-state index in [9.17, 15) is 9.59 Å². The summed E-state index contributed by atoms with van der Waals surface area (Å²) in [6, 6.07) is 16.8. The van der Waals surface area contributed by atoms with Crippen molar-refractivity contribution in [2.24, 2.45) is 11.7 Å². The summed E-state index contributed by atoms with van der Waals surface area (Å²) in [5, 5.41) is 4.66. The van der Waals surface area contributed by atoms with E-state index in [2.05, 4.69) is 12.2 Å². The van der Waals surface area contributed by atoms with Crippen LogP contribution in [0.3, 0.4) is 0 Å². The van der Waals surface area contributed by atoms with Crippen LogP contribution in [-0.2, 0) is 12.8 Å². The third-order valence-electron chi connectivity index (χ3n) is 6.07. The van der Waals surface area contributed by atoms with Gasteiger partial charge in [0.1, 0.15) is 5.00 Å². The standard InChI is InChI=1S/C26H22ClN3O2S/c1-14-7-9-17-22(11-14)33-26(23(17)24(28)31)30-25(32)19-13-21(15-5-3-2-4-6-15)29-20-10-8-16(27)12-18(19)20/h2-6,8,10,12-14H,7,9,11H2,1H3,(H2,28,31)(H,30,32)/t14-/m1/s1. The summed E-state index contributed by atoms with van der Waals surface area (Å²) in [6.45, 7) is 2.20. The zero-order valence-corrected chi connectivity index (χ0v) is 19.6. The second kappa shape index (κ2) is 8.61. The Hall–Kier alpha value is -3.22. The zero-order valence-electron chi connectivity index (χ0n) is 18.0. The lowest BCUT2D eigenvalue weighted by Crippen LogP contribution is -2.19. The highest BCUT2D eigenvalue weighted by atomic mass is 35.5. The number of pyridine rings is 1. The summed E-state index contributed by atoms with van der Waals surface area (Å²) >= 11 is 7.69. The van der Waals surface area contributed by atoms with Gasteiger partial charge in [0.25, 0.3) is 11.8 Å². The third-order valence-corrected chi connectivity index (χ3v) is 7.47. The lowest BCUT2D eigenvalue weighted by Gasteiger charge is -2.18. The van der Waals surface area contributed by atoms with Crippen molar-refractivity contribution in [3.63, 3.8) is 0 Å². The molecule has 7 heteroatoms. The molecule has 1 aliphatic carbocycles. The highest BCUT2D eigenvalue weighted by Crippen LogP contribution is 2.40. The Morgan fingerprint density at radius 3 is 2.70 bits per heavy atom. The molecule has 5 rings (SSSR count). The smallest absolute Gasteiger partial charge is 0.257 e. The Labute approximate surface area is 200 Å². The van der Waals surface area contributed by atoms with Gasteiger partial charge in [0.05, 0.1) is 22.3 Å². The quantitative estimate of drug-likeness (QED) is 0.374. The van der Waals surface area contributed by atoms with Gasteiger partial charge in [0.15, 0.2) is 0 Å². The number of hydrogen-bond donors (Lipinski definition) is 2. The number of aromatic nitrogens is 1. The van der Waals surface area contributed by atoms with Crippen molar-refractivity contribution < 1.29 is 9.59 Å². The fraction of sp³-hybridized carbons (Fsp3) is 0.192. The number of anilines is 1. The molecule has 2 amide bonds. The molecule has 5 nitrogen and oxygen atoms in total. The molecule has 1 atom stereocenters. The minimum atomic E-state index is -0.509. The fourth-order valence-electron chi connectivity index (χ4n) is 4.41. The van der Waals surface area contributed by atoms with Gasteiger partial charge in [-0.3, -0.25) is 9.59 Å². The normalized spacial score (nSPS) is 15.3. The number of nitrogens with zero attached hydrogens (tertiary/aromatic N) is 1. The average molecular weight is 476 g/mol. The molecule has 0 saturated heterocycles. The second-order valence-electron chi connectivity index (χ2n) is 8.46. The molecule has 0 radical (unpaired) electrons. The Bertz CT molecular complexity index is 1400. The van der Waals surface area contributed by atoms with Gasteiger partial charge in [0.2, 0.25) is 0 Å². The van der Waals surface area contributed by atoms with Crippen LogP contribution in [0.25, 0.3) is 22.2 Å². The van der Waals surface area contributed by atoms with Gasteiger partial charge >= 0.3 is 0 Å². The van der Waals surface area contributed by atoms with Crippen LogP contribution in [0.1, 0.15) is 44.5 Å². The molecule has 0 spiro atoms. The monoisotopic (exact) mass is 475 g/mol. The summed E-state index contributed by atoms with van der Waals surface area (Å²) in [5.74, 6) is -0.291. The van der Waals surface area contributed by atoms with Crippen molar-refractivity contribution in [2.75, 3.05) is 5.32 Å². The molecule has 33 heavy (non-hydrogen) atoms. The molecule has 3 N–H and O–H groups in total. The molecule has 0 fully saturated rings. The fourth-order valence-corrected chi connectivity index (χ4v) is 6.00. The third kappa shape index (κ3) is 4.12. The predicted octanol–water partition coefficient (Wildman–Crippen LogP) is 6.09. The maximum absolute atomic E-state index is 13.5. The summed E-state index contributed by atoms with van der Waals surface area (Å²) in [7, 11) is 0. The minimum absolute atomic E-state index is 0.323. The van der Waals surface area contributed by atoms with Crippen molar-refractivity contribution in [2.45, 2.75) is 26.2 Å². The number of nitrogens with one attached hydrogen (secondary N) is 1. The van der Waals surface area contributed by atoms with Gasteiger partial charge < -0.3 is 11.1 Å². The van der Waals surface area contributed by atoms with Crippen molar-refractivity contribution >= 4 is 50.7 Å². The van der Waals surface area contributed by atoms with Crippen LogP contribution in [0.4, 0.5) is 5.00 Å². The first-order chi connectivity index (χ1) is 15.9. The van der Waals surface area contributed by atoms with E-state index in [0.717, 1.165) is 35.3 Å². The van der Waals surface area contributed by atoms with Crippen molar-refractivity contribution in [1.29, 1.82) is 0 Å². The first-order valence-corrected chi connectivity index (χ1v) is 12.0. The number of rotatable bonds is 4. The SMILES string of the molecule is C[C@@H]1CCc2c(sc(NC(=O)c3cc(-c4ccccc4)nc4ccc(Cl)cc34)c2C(N)=O)C1. The molecule has 0 bridgehead atoms. The largest absolute Gasteiger partial charge is 0.365 e. The topological polar surface area (TPSA) is 85.1 Å². The molecular formula is C26H22ClN3O2S. The van der Waals surface area contributed by atoms with Crippen molar-refractivity contribution in [3.8, 4) is 11.3 Å². The van der Waals surface area contributed by atoms with Crippen LogP contribution in [0, 0.1) is 5.92 Å². The second-order valence-corrected chi connectivity index (χ2v) is 10.00. The summed E-state index contributed by atoms with van der Waals surface area (Å²) in [6.07, 6.45) is 2.69. The van der Waals surface area contributed by atoms with E-state index in [0.29, 0.717) is 43.7 Å². The van der Waals surface area contributed by atoms with Crippen LogP contribution < -0.4 is 11.1 Å². The Morgan fingerprint density at radius 1 is 1.15 bits per heavy atom. The molecule has 4 aromatic rings. The maximum atomic E-state index is 13.5. The van der Waals surface area contributed by atoms with E-state index in [1.54, 1.807) is 24.3 Å². The van der Waals surface area contributed by atoms with Crippen LogP contribution in [0.5, 0.6) is 0 Å². The van der Waals surface area contributed by atoms with Gasteiger partial charge in [-0.1, -0.05) is 48.9 Å². The number of hydrogen-bond acceptors (Lipinski definition) is 4. The van der Waals surface area contributed by atoms with E-state index in [1.807, 2.05) is 30.3 Å². The average Bonchev–Trinajstić information content (AvgIpc) is 3.15. The van der Waals surface area contributed by atoms with Gasteiger partial charge in [0, 0.05) is 20.8 Å². The first kappa shape index (κ1) is 21.6. The summed E-state index contributed by atoms with van der Waals surface area (Å²) in [4.78, 5) is 31.7. The summed E-state index contributed by atoms with van der Waals surface area (Å²) in [5.41, 5.74) is 9.85. The highest BCUT2D eigenvalue weighted by molar-refractivity contribution is 7.17. The van der Waals surface area contributed by atoms with Crippen LogP contribution >= 0.6 is 22.9 Å². The van der Waals surface area contributed by atoms with Crippen molar-refractivity contribution in [1.82, 2.24) is 4.98 Å². The lowest BCUT2D eigenvalue weighted by atomic mass is 9.88. The van der Waals surface area contributed by atoms with E-state index in [4.69, 9.17) is 22.3 Å². The molecule has 0 unspecified atom stereocenters. The molecular weight excluding hydrogens is 454 g/mol. The number of carbonyl (C=O) groups excluding carboxylic acids is 2. The number of carbonyl (C=O) groups is 2. The number of benzene rings is 2. The summed E-state index contributed by atoms with van der Waals surface area (Å²) < 4.78 is 0. The van der Waals surface area contributed by atoms with Crippen LogP contribution in [0.2, 0.25) is 5.02 Å². The highest BCUT2D eigenvalue weighted by Gasteiger charge is 2.28. The Kier molecular flexibility index (Phi) is 5.64. The van der Waals surface area contributed by atoms with Gasteiger partial charge in [-0.2, -0.15) is 0 Å².